The van der Waals surface area contributed by atoms with Gasteiger partial charge in [-0.3, -0.25) is 10.1 Å². The smallest absolute Gasteiger partial charge is 0.216 e. The van der Waals surface area contributed by atoms with E-state index >= 15 is 0 Å². The standard InChI is InChI=1S/C16H17FN6O.HI/c1-18-16(19-9-11-4-2-5-12(17)8-11)20-10-14-21-15(23-22-14)13-6-3-7-24-13;/h2-8H,9-10H2,1H3,(H2,18,19,20)(H,21,22,23);1H. The second-order valence-electron chi connectivity index (χ2n) is 4.99. The fourth-order valence-electron chi connectivity index (χ4n) is 2.11. The first-order valence-corrected chi connectivity index (χ1v) is 7.38. The van der Waals surface area contributed by atoms with E-state index in [0.717, 1.165) is 5.56 Å². The van der Waals surface area contributed by atoms with Gasteiger partial charge in [0.05, 0.1) is 12.8 Å². The van der Waals surface area contributed by atoms with E-state index in [-0.39, 0.29) is 29.8 Å². The summed E-state index contributed by atoms with van der Waals surface area (Å²) in [5.74, 6) is 2.07. The first-order valence-electron chi connectivity index (χ1n) is 7.38. The number of aromatic nitrogens is 3. The summed E-state index contributed by atoms with van der Waals surface area (Å²) in [6.07, 6.45) is 1.57. The van der Waals surface area contributed by atoms with Crippen LogP contribution >= 0.6 is 24.0 Å². The summed E-state index contributed by atoms with van der Waals surface area (Å²) in [6, 6.07) is 9.98. The summed E-state index contributed by atoms with van der Waals surface area (Å²) in [4.78, 5) is 8.45. The molecule has 9 heteroatoms. The zero-order valence-corrected chi connectivity index (χ0v) is 15.8. The fourth-order valence-corrected chi connectivity index (χ4v) is 2.11. The average Bonchev–Trinajstić information content (AvgIpc) is 3.26. The van der Waals surface area contributed by atoms with Crippen molar-refractivity contribution in [3.8, 4) is 11.6 Å². The van der Waals surface area contributed by atoms with Gasteiger partial charge in [0.2, 0.25) is 5.82 Å². The van der Waals surface area contributed by atoms with Crippen molar-refractivity contribution in [2.45, 2.75) is 13.1 Å². The molecule has 0 spiro atoms. The summed E-state index contributed by atoms with van der Waals surface area (Å²) >= 11 is 0. The highest BCUT2D eigenvalue weighted by molar-refractivity contribution is 14.0. The first-order chi connectivity index (χ1) is 11.7. The number of guanidine groups is 1. The van der Waals surface area contributed by atoms with E-state index < -0.39 is 0 Å². The molecule has 132 valence electrons. The minimum atomic E-state index is -0.260. The number of benzene rings is 1. The Balaban J connectivity index is 0.00000225. The maximum atomic E-state index is 13.2. The zero-order valence-electron chi connectivity index (χ0n) is 13.5. The van der Waals surface area contributed by atoms with Gasteiger partial charge >= 0.3 is 0 Å². The van der Waals surface area contributed by atoms with Crippen LogP contribution in [0, 0.1) is 5.82 Å². The van der Waals surface area contributed by atoms with E-state index in [0.29, 0.717) is 36.5 Å². The molecule has 7 nitrogen and oxygen atoms in total. The third kappa shape index (κ3) is 5.28. The molecule has 2 heterocycles. The van der Waals surface area contributed by atoms with Crippen molar-refractivity contribution in [3.05, 3.63) is 59.9 Å². The van der Waals surface area contributed by atoms with Gasteiger partial charge in [0.1, 0.15) is 11.6 Å². The molecule has 2 aromatic heterocycles. The van der Waals surface area contributed by atoms with Crippen LogP contribution < -0.4 is 10.6 Å². The Labute approximate surface area is 161 Å². The second-order valence-corrected chi connectivity index (χ2v) is 4.99. The summed E-state index contributed by atoms with van der Waals surface area (Å²) in [5, 5.41) is 13.2. The lowest BCUT2D eigenvalue weighted by Crippen LogP contribution is -2.36. The number of nitrogens with one attached hydrogen (secondary N) is 3. The number of furan rings is 1. The molecule has 0 aliphatic heterocycles. The van der Waals surface area contributed by atoms with Crippen molar-refractivity contribution in [1.29, 1.82) is 0 Å². The Kier molecular flexibility index (Phi) is 6.92. The summed E-state index contributed by atoms with van der Waals surface area (Å²) in [6.45, 7) is 0.877. The van der Waals surface area contributed by atoms with Crippen molar-refractivity contribution in [3.63, 3.8) is 0 Å². The monoisotopic (exact) mass is 456 g/mol. The maximum absolute atomic E-state index is 13.2. The van der Waals surface area contributed by atoms with Crippen molar-refractivity contribution in [1.82, 2.24) is 25.8 Å². The van der Waals surface area contributed by atoms with Crippen LogP contribution in [-0.2, 0) is 13.1 Å². The van der Waals surface area contributed by atoms with Crippen LogP contribution in [0.2, 0.25) is 0 Å². The fraction of sp³-hybridized carbons (Fsp3) is 0.188. The zero-order chi connectivity index (χ0) is 16.8. The highest BCUT2D eigenvalue weighted by Crippen LogP contribution is 2.14. The summed E-state index contributed by atoms with van der Waals surface area (Å²) in [5.41, 5.74) is 0.831. The molecule has 0 unspecified atom stereocenters. The Bertz CT molecular complexity index is 818. The lowest BCUT2D eigenvalue weighted by Gasteiger charge is -2.10. The van der Waals surface area contributed by atoms with Crippen LogP contribution in [-0.4, -0.2) is 28.2 Å². The topological polar surface area (TPSA) is 91.1 Å². The predicted octanol–water partition coefficient (Wildman–Crippen LogP) is 2.69. The van der Waals surface area contributed by atoms with Crippen molar-refractivity contribution in [2.24, 2.45) is 4.99 Å². The van der Waals surface area contributed by atoms with Crippen LogP contribution in [0.1, 0.15) is 11.4 Å². The SMILES string of the molecule is CN=C(NCc1cccc(F)c1)NCc1nc(-c2ccco2)n[nH]1.I. The number of H-pyrrole nitrogens is 1. The van der Waals surface area contributed by atoms with Gasteiger partial charge < -0.3 is 15.1 Å². The summed E-state index contributed by atoms with van der Waals surface area (Å²) < 4.78 is 18.4. The van der Waals surface area contributed by atoms with E-state index in [2.05, 4.69) is 30.8 Å². The Hall–Kier alpha value is -2.43. The molecule has 0 radical (unpaired) electrons. The third-order valence-electron chi connectivity index (χ3n) is 3.27. The van der Waals surface area contributed by atoms with E-state index in [9.17, 15) is 4.39 Å². The van der Waals surface area contributed by atoms with Crippen LogP contribution in [0.4, 0.5) is 4.39 Å². The van der Waals surface area contributed by atoms with Crippen molar-refractivity contribution >= 4 is 29.9 Å². The van der Waals surface area contributed by atoms with Gasteiger partial charge in [-0.2, -0.15) is 0 Å². The van der Waals surface area contributed by atoms with E-state index in [1.807, 2.05) is 6.07 Å². The molecule has 0 amide bonds. The molecule has 0 aliphatic carbocycles. The number of nitrogens with zero attached hydrogens (tertiary/aromatic N) is 3. The van der Waals surface area contributed by atoms with Gasteiger partial charge in [0.25, 0.3) is 0 Å². The van der Waals surface area contributed by atoms with Gasteiger partial charge in [0.15, 0.2) is 11.7 Å². The number of halogens is 2. The van der Waals surface area contributed by atoms with Gasteiger partial charge in [-0.15, -0.1) is 29.1 Å². The lowest BCUT2D eigenvalue weighted by molar-refractivity contribution is 0.577. The molecule has 0 atom stereocenters. The predicted molar refractivity (Wildman–Crippen MR) is 103 cm³/mol. The Morgan fingerprint density at radius 1 is 1.24 bits per heavy atom. The van der Waals surface area contributed by atoms with Gasteiger partial charge in [-0.05, 0) is 29.8 Å². The molecule has 0 aliphatic rings. The quantitative estimate of drug-likeness (QED) is 0.312. The Morgan fingerprint density at radius 2 is 2.08 bits per heavy atom. The highest BCUT2D eigenvalue weighted by Gasteiger charge is 2.08. The number of aliphatic imine (C=N–C) groups is 1. The second kappa shape index (κ2) is 9.16. The lowest BCUT2D eigenvalue weighted by atomic mass is 10.2. The normalized spacial score (nSPS) is 11.0. The molecular formula is C16H18FIN6O. The average molecular weight is 456 g/mol. The molecule has 3 rings (SSSR count). The number of rotatable bonds is 5. The van der Waals surface area contributed by atoms with E-state index in [4.69, 9.17) is 4.42 Å². The third-order valence-corrected chi connectivity index (χ3v) is 3.27. The van der Waals surface area contributed by atoms with Gasteiger partial charge in [-0.1, -0.05) is 12.1 Å². The number of hydrogen-bond acceptors (Lipinski definition) is 4. The van der Waals surface area contributed by atoms with Crippen LogP contribution in [0.5, 0.6) is 0 Å². The van der Waals surface area contributed by atoms with E-state index in [1.54, 1.807) is 31.5 Å². The summed E-state index contributed by atoms with van der Waals surface area (Å²) in [7, 11) is 1.66. The molecule has 0 saturated heterocycles. The first kappa shape index (κ1) is 18.9. The number of hydrogen-bond donors (Lipinski definition) is 3. The molecule has 1 aromatic carbocycles. The van der Waals surface area contributed by atoms with E-state index in [1.165, 1.54) is 12.1 Å². The van der Waals surface area contributed by atoms with Gasteiger partial charge in [-0.25, -0.2) is 9.37 Å². The molecule has 3 aromatic rings. The molecule has 0 fully saturated rings. The van der Waals surface area contributed by atoms with Crippen LogP contribution in [0.3, 0.4) is 0 Å². The van der Waals surface area contributed by atoms with Gasteiger partial charge in [0, 0.05) is 13.6 Å². The maximum Gasteiger partial charge on any atom is 0.216 e. The number of aromatic amines is 1. The largest absolute Gasteiger partial charge is 0.461 e. The van der Waals surface area contributed by atoms with Crippen LogP contribution in [0.15, 0.2) is 52.1 Å². The van der Waals surface area contributed by atoms with Crippen LogP contribution in [0.25, 0.3) is 11.6 Å². The molecule has 25 heavy (non-hydrogen) atoms. The minimum absolute atomic E-state index is 0. The Morgan fingerprint density at radius 3 is 2.80 bits per heavy atom. The molecular weight excluding hydrogens is 438 g/mol. The van der Waals surface area contributed by atoms with Crippen molar-refractivity contribution in [2.75, 3.05) is 7.05 Å². The minimum Gasteiger partial charge on any atom is -0.461 e. The molecule has 0 bridgehead atoms. The highest BCUT2D eigenvalue weighted by atomic mass is 127. The molecule has 3 N–H and O–H groups in total. The van der Waals surface area contributed by atoms with Crippen molar-refractivity contribution < 1.29 is 8.81 Å². The molecule has 0 saturated carbocycles.